The first-order valence-electron chi connectivity index (χ1n) is 5.40. The van der Waals surface area contributed by atoms with E-state index in [1.165, 1.54) is 0 Å². The molecule has 2 aromatic rings. The third-order valence-electron chi connectivity index (χ3n) is 2.35. The quantitative estimate of drug-likeness (QED) is 0.500. The maximum atomic E-state index is 5.94. The predicted octanol–water partition coefficient (Wildman–Crippen LogP) is 2.43. The van der Waals surface area contributed by atoms with Crippen molar-refractivity contribution in [2.75, 3.05) is 5.75 Å². The maximum absolute atomic E-state index is 5.94. The van der Waals surface area contributed by atoms with Crippen molar-refractivity contribution in [2.24, 2.45) is 5.84 Å². The third-order valence-corrected chi connectivity index (χ3v) is 3.68. The summed E-state index contributed by atoms with van der Waals surface area (Å²) in [5.74, 6) is 6.30. The first kappa shape index (κ1) is 13.3. The molecule has 1 unspecified atom stereocenters. The van der Waals surface area contributed by atoms with E-state index < -0.39 is 0 Å². The van der Waals surface area contributed by atoms with Gasteiger partial charge in [0, 0.05) is 28.1 Å². The van der Waals surface area contributed by atoms with Gasteiger partial charge in [0.15, 0.2) is 0 Å². The summed E-state index contributed by atoms with van der Waals surface area (Å²) in [5.41, 5.74) is 3.58. The Bertz CT molecular complexity index is 494. The predicted molar refractivity (Wildman–Crippen MR) is 74.3 cm³/mol. The molecule has 0 aliphatic heterocycles. The number of hydrogen-bond donors (Lipinski definition) is 2. The fraction of sp³-hybridized carbons (Fsp3) is 0.167. The second-order valence-electron chi connectivity index (χ2n) is 3.62. The number of nitrogens with two attached hydrogens (primary N) is 1. The van der Waals surface area contributed by atoms with Gasteiger partial charge < -0.3 is 0 Å². The van der Waals surface area contributed by atoms with Crippen LogP contribution in [0.1, 0.15) is 11.7 Å². The zero-order valence-corrected chi connectivity index (χ0v) is 11.2. The molecule has 1 heterocycles. The SMILES string of the molecule is NNC(CSc1cccc(Cl)c1)c1cnccn1. The van der Waals surface area contributed by atoms with E-state index in [1.807, 2.05) is 24.3 Å². The number of halogens is 1. The Balaban J connectivity index is 2.00. The lowest BCUT2D eigenvalue weighted by Crippen LogP contribution is -2.30. The lowest BCUT2D eigenvalue weighted by Gasteiger charge is -2.14. The van der Waals surface area contributed by atoms with Crippen molar-refractivity contribution in [3.63, 3.8) is 0 Å². The summed E-state index contributed by atoms with van der Waals surface area (Å²) in [6.07, 6.45) is 5.01. The van der Waals surface area contributed by atoms with E-state index in [-0.39, 0.29) is 6.04 Å². The Morgan fingerprint density at radius 3 is 2.94 bits per heavy atom. The van der Waals surface area contributed by atoms with Crippen molar-refractivity contribution in [3.05, 3.63) is 53.6 Å². The average Bonchev–Trinajstić information content (AvgIpc) is 2.41. The largest absolute Gasteiger partial charge is 0.271 e. The van der Waals surface area contributed by atoms with Crippen LogP contribution in [0.4, 0.5) is 0 Å². The molecule has 2 rings (SSSR count). The molecule has 1 atom stereocenters. The number of aromatic nitrogens is 2. The highest BCUT2D eigenvalue weighted by Gasteiger charge is 2.11. The number of benzene rings is 1. The molecular weight excluding hydrogens is 268 g/mol. The summed E-state index contributed by atoms with van der Waals surface area (Å²) >= 11 is 7.60. The van der Waals surface area contributed by atoms with Crippen LogP contribution >= 0.6 is 23.4 Å². The van der Waals surface area contributed by atoms with Crippen molar-refractivity contribution in [3.8, 4) is 0 Å². The van der Waals surface area contributed by atoms with Gasteiger partial charge in [-0.15, -0.1) is 11.8 Å². The Hall–Kier alpha value is -1.14. The molecule has 6 heteroatoms. The number of thioether (sulfide) groups is 1. The zero-order valence-electron chi connectivity index (χ0n) is 9.58. The van der Waals surface area contributed by atoms with Crippen LogP contribution in [0.3, 0.4) is 0 Å². The van der Waals surface area contributed by atoms with E-state index >= 15 is 0 Å². The molecular formula is C12H13ClN4S. The van der Waals surface area contributed by atoms with Gasteiger partial charge in [-0.2, -0.15) is 0 Å². The minimum Gasteiger partial charge on any atom is -0.271 e. The molecule has 0 saturated carbocycles. The summed E-state index contributed by atoms with van der Waals surface area (Å²) < 4.78 is 0. The molecule has 0 amide bonds. The summed E-state index contributed by atoms with van der Waals surface area (Å²) in [4.78, 5) is 9.37. The Morgan fingerprint density at radius 1 is 1.39 bits per heavy atom. The van der Waals surface area contributed by atoms with Gasteiger partial charge >= 0.3 is 0 Å². The maximum Gasteiger partial charge on any atom is 0.0778 e. The fourth-order valence-corrected chi connectivity index (χ4v) is 2.71. The molecule has 4 nitrogen and oxygen atoms in total. The Kier molecular flexibility index (Phi) is 4.95. The summed E-state index contributed by atoms with van der Waals surface area (Å²) in [6.45, 7) is 0. The minimum atomic E-state index is -0.0392. The summed E-state index contributed by atoms with van der Waals surface area (Å²) in [5, 5.41) is 0.733. The Morgan fingerprint density at radius 2 is 2.28 bits per heavy atom. The molecule has 0 aliphatic carbocycles. The monoisotopic (exact) mass is 280 g/mol. The number of rotatable bonds is 5. The molecule has 18 heavy (non-hydrogen) atoms. The highest BCUT2D eigenvalue weighted by Crippen LogP contribution is 2.25. The van der Waals surface area contributed by atoms with Gasteiger partial charge in [-0.1, -0.05) is 17.7 Å². The highest BCUT2D eigenvalue weighted by atomic mass is 35.5. The van der Waals surface area contributed by atoms with Crippen molar-refractivity contribution in [2.45, 2.75) is 10.9 Å². The molecule has 1 aromatic heterocycles. The van der Waals surface area contributed by atoms with E-state index in [0.717, 1.165) is 21.4 Å². The standard InChI is InChI=1S/C12H13ClN4S/c13-9-2-1-3-10(6-9)18-8-12(17-14)11-7-15-4-5-16-11/h1-7,12,17H,8,14H2. The van der Waals surface area contributed by atoms with Crippen LogP contribution in [0.15, 0.2) is 47.8 Å². The summed E-state index contributed by atoms with van der Waals surface area (Å²) in [7, 11) is 0. The van der Waals surface area contributed by atoms with Gasteiger partial charge in [-0.3, -0.25) is 21.2 Å². The van der Waals surface area contributed by atoms with Gasteiger partial charge in [0.2, 0.25) is 0 Å². The van der Waals surface area contributed by atoms with E-state index in [1.54, 1.807) is 30.4 Å². The van der Waals surface area contributed by atoms with E-state index in [9.17, 15) is 0 Å². The van der Waals surface area contributed by atoms with Crippen molar-refractivity contribution in [1.29, 1.82) is 0 Å². The molecule has 0 aliphatic rings. The minimum absolute atomic E-state index is 0.0392. The van der Waals surface area contributed by atoms with Gasteiger partial charge in [0.25, 0.3) is 0 Å². The van der Waals surface area contributed by atoms with E-state index in [2.05, 4.69) is 15.4 Å². The number of hydrazine groups is 1. The smallest absolute Gasteiger partial charge is 0.0778 e. The molecule has 0 spiro atoms. The first-order valence-corrected chi connectivity index (χ1v) is 6.76. The zero-order chi connectivity index (χ0) is 12.8. The lowest BCUT2D eigenvalue weighted by molar-refractivity contribution is 0.592. The molecule has 0 saturated heterocycles. The molecule has 1 aromatic carbocycles. The Labute approximate surface area is 115 Å². The van der Waals surface area contributed by atoms with Crippen molar-refractivity contribution in [1.82, 2.24) is 15.4 Å². The van der Waals surface area contributed by atoms with Crippen molar-refractivity contribution < 1.29 is 0 Å². The topological polar surface area (TPSA) is 63.8 Å². The molecule has 0 radical (unpaired) electrons. The molecule has 94 valence electrons. The van der Waals surface area contributed by atoms with Crippen LogP contribution in [0.25, 0.3) is 0 Å². The van der Waals surface area contributed by atoms with Crippen LogP contribution in [0.2, 0.25) is 5.02 Å². The van der Waals surface area contributed by atoms with Crippen LogP contribution < -0.4 is 11.3 Å². The van der Waals surface area contributed by atoms with Gasteiger partial charge in [0.05, 0.1) is 17.9 Å². The van der Waals surface area contributed by atoms with Crippen LogP contribution in [0.5, 0.6) is 0 Å². The van der Waals surface area contributed by atoms with Crippen LogP contribution in [0, 0.1) is 0 Å². The van der Waals surface area contributed by atoms with E-state index in [4.69, 9.17) is 17.4 Å². The van der Waals surface area contributed by atoms with Gasteiger partial charge in [-0.05, 0) is 18.2 Å². The number of hydrogen-bond acceptors (Lipinski definition) is 5. The summed E-state index contributed by atoms with van der Waals surface area (Å²) in [6, 6.07) is 7.69. The lowest BCUT2D eigenvalue weighted by atomic mass is 10.2. The highest BCUT2D eigenvalue weighted by molar-refractivity contribution is 7.99. The fourth-order valence-electron chi connectivity index (χ4n) is 1.45. The second kappa shape index (κ2) is 6.70. The number of nitrogens with zero attached hydrogens (tertiary/aromatic N) is 2. The number of nitrogens with one attached hydrogen (secondary N) is 1. The van der Waals surface area contributed by atoms with Crippen molar-refractivity contribution >= 4 is 23.4 Å². The first-order chi connectivity index (χ1) is 8.79. The normalized spacial score (nSPS) is 12.3. The second-order valence-corrected chi connectivity index (χ2v) is 5.15. The molecule has 3 N–H and O–H groups in total. The third kappa shape index (κ3) is 3.68. The van der Waals surface area contributed by atoms with Gasteiger partial charge in [0.1, 0.15) is 0 Å². The van der Waals surface area contributed by atoms with Crippen LogP contribution in [-0.4, -0.2) is 15.7 Å². The molecule has 0 fully saturated rings. The van der Waals surface area contributed by atoms with Crippen LogP contribution in [-0.2, 0) is 0 Å². The average molecular weight is 281 g/mol. The molecule has 0 bridgehead atoms. The van der Waals surface area contributed by atoms with Gasteiger partial charge in [-0.25, -0.2) is 0 Å². The van der Waals surface area contributed by atoms with E-state index in [0.29, 0.717) is 0 Å².